The lowest BCUT2D eigenvalue weighted by atomic mass is 10.0. The fourth-order valence-corrected chi connectivity index (χ4v) is 2.71. The molecule has 0 radical (unpaired) electrons. The topological polar surface area (TPSA) is 61.2 Å². The number of hydrogen-bond acceptors (Lipinski definition) is 4. The number of aromatic nitrogens is 2. The SMILES string of the molecule is Cc1nn(C)c(Cl)c1C(=O)Oc1ccc(C(=O)c2ccc(F)cc2)cc1. The third kappa shape index (κ3) is 3.50. The van der Waals surface area contributed by atoms with Crippen molar-refractivity contribution in [1.29, 1.82) is 0 Å². The highest BCUT2D eigenvalue weighted by atomic mass is 35.5. The highest BCUT2D eigenvalue weighted by Gasteiger charge is 2.21. The number of ketones is 1. The summed E-state index contributed by atoms with van der Waals surface area (Å²) in [6.07, 6.45) is 0. The molecule has 0 atom stereocenters. The lowest BCUT2D eigenvalue weighted by Gasteiger charge is -2.06. The Bertz CT molecular complexity index is 979. The predicted octanol–water partition coefficient (Wildman–Crippen LogP) is 3.97. The molecule has 5 nitrogen and oxygen atoms in total. The molecule has 2 aromatic carbocycles. The summed E-state index contributed by atoms with van der Waals surface area (Å²) < 4.78 is 19.6. The molecule has 0 saturated carbocycles. The van der Waals surface area contributed by atoms with Crippen LogP contribution in [0, 0.1) is 12.7 Å². The van der Waals surface area contributed by atoms with Crippen LogP contribution < -0.4 is 4.74 Å². The van der Waals surface area contributed by atoms with Crippen LogP contribution in [0.5, 0.6) is 5.75 Å². The van der Waals surface area contributed by atoms with E-state index in [0.717, 1.165) is 0 Å². The van der Waals surface area contributed by atoms with E-state index in [9.17, 15) is 14.0 Å². The van der Waals surface area contributed by atoms with E-state index in [1.54, 1.807) is 14.0 Å². The first kappa shape index (κ1) is 17.8. The number of nitrogens with zero attached hydrogens (tertiary/aromatic N) is 2. The number of halogens is 2. The average molecular weight is 373 g/mol. The van der Waals surface area contributed by atoms with E-state index >= 15 is 0 Å². The Kier molecular flexibility index (Phi) is 4.86. The van der Waals surface area contributed by atoms with Crippen molar-refractivity contribution in [2.24, 2.45) is 7.05 Å². The van der Waals surface area contributed by atoms with Crippen LogP contribution in [-0.2, 0) is 7.05 Å². The van der Waals surface area contributed by atoms with Crippen molar-refractivity contribution in [3.63, 3.8) is 0 Å². The van der Waals surface area contributed by atoms with Crippen LogP contribution in [0.2, 0.25) is 5.15 Å². The number of benzene rings is 2. The highest BCUT2D eigenvalue weighted by molar-refractivity contribution is 6.32. The summed E-state index contributed by atoms with van der Waals surface area (Å²) in [4.78, 5) is 24.6. The maximum atomic E-state index is 13.0. The van der Waals surface area contributed by atoms with Gasteiger partial charge in [-0.15, -0.1) is 0 Å². The van der Waals surface area contributed by atoms with Crippen molar-refractivity contribution in [3.05, 3.63) is 81.9 Å². The fraction of sp³-hybridized carbons (Fsp3) is 0.105. The summed E-state index contributed by atoms with van der Waals surface area (Å²) in [5.41, 5.74) is 1.42. The Morgan fingerprint density at radius 2 is 1.58 bits per heavy atom. The van der Waals surface area contributed by atoms with E-state index in [1.165, 1.54) is 53.2 Å². The van der Waals surface area contributed by atoms with Gasteiger partial charge in [-0.05, 0) is 55.5 Å². The summed E-state index contributed by atoms with van der Waals surface area (Å²) >= 11 is 6.05. The van der Waals surface area contributed by atoms with E-state index in [1.807, 2.05) is 0 Å². The fourth-order valence-electron chi connectivity index (χ4n) is 2.46. The second kappa shape index (κ2) is 7.09. The molecule has 0 bridgehead atoms. The van der Waals surface area contributed by atoms with Gasteiger partial charge in [-0.3, -0.25) is 9.48 Å². The smallest absolute Gasteiger partial charge is 0.348 e. The van der Waals surface area contributed by atoms with Crippen molar-refractivity contribution >= 4 is 23.4 Å². The molecule has 0 aliphatic carbocycles. The minimum atomic E-state index is -0.627. The lowest BCUT2D eigenvalue weighted by molar-refractivity contribution is 0.0734. The molecule has 1 heterocycles. The molecule has 26 heavy (non-hydrogen) atoms. The molecular formula is C19H14ClFN2O3. The summed E-state index contributed by atoms with van der Waals surface area (Å²) in [6, 6.07) is 11.4. The van der Waals surface area contributed by atoms with Gasteiger partial charge in [0.15, 0.2) is 5.78 Å². The minimum absolute atomic E-state index is 0.190. The van der Waals surface area contributed by atoms with Gasteiger partial charge in [0.25, 0.3) is 0 Å². The first-order chi connectivity index (χ1) is 12.4. The van der Waals surface area contributed by atoms with Crippen LogP contribution in [0.25, 0.3) is 0 Å². The van der Waals surface area contributed by atoms with Crippen molar-refractivity contribution in [3.8, 4) is 5.75 Å². The highest BCUT2D eigenvalue weighted by Crippen LogP contribution is 2.22. The van der Waals surface area contributed by atoms with Gasteiger partial charge in [0.1, 0.15) is 22.3 Å². The predicted molar refractivity (Wildman–Crippen MR) is 94.2 cm³/mol. The van der Waals surface area contributed by atoms with E-state index in [0.29, 0.717) is 16.8 Å². The molecule has 0 amide bonds. The van der Waals surface area contributed by atoms with Gasteiger partial charge in [0, 0.05) is 18.2 Å². The monoisotopic (exact) mass is 372 g/mol. The van der Waals surface area contributed by atoms with Crippen LogP contribution in [-0.4, -0.2) is 21.5 Å². The Morgan fingerprint density at radius 3 is 2.08 bits per heavy atom. The number of carbonyl (C=O) groups excluding carboxylic acids is 2. The maximum Gasteiger partial charge on any atom is 0.348 e. The third-order valence-corrected chi connectivity index (χ3v) is 4.22. The van der Waals surface area contributed by atoms with Crippen LogP contribution in [0.3, 0.4) is 0 Å². The second-order valence-corrected chi connectivity index (χ2v) is 5.98. The quantitative estimate of drug-likeness (QED) is 0.395. The molecule has 0 fully saturated rings. The molecule has 0 N–H and O–H groups in total. The second-order valence-electron chi connectivity index (χ2n) is 5.62. The molecule has 0 spiro atoms. The minimum Gasteiger partial charge on any atom is -0.423 e. The van der Waals surface area contributed by atoms with Gasteiger partial charge < -0.3 is 4.74 Å². The third-order valence-electron chi connectivity index (χ3n) is 3.79. The number of hydrogen-bond donors (Lipinski definition) is 0. The van der Waals surface area contributed by atoms with E-state index < -0.39 is 11.8 Å². The first-order valence-electron chi connectivity index (χ1n) is 7.68. The summed E-state index contributed by atoms with van der Waals surface area (Å²) in [6.45, 7) is 1.66. The number of ether oxygens (including phenoxy) is 1. The molecule has 132 valence electrons. The van der Waals surface area contributed by atoms with E-state index in [2.05, 4.69) is 5.10 Å². The number of carbonyl (C=O) groups is 2. The Balaban J connectivity index is 1.76. The zero-order valence-electron chi connectivity index (χ0n) is 14.0. The van der Waals surface area contributed by atoms with Gasteiger partial charge in [0.05, 0.1) is 5.69 Å². The molecule has 0 aliphatic heterocycles. The van der Waals surface area contributed by atoms with Crippen LogP contribution >= 0.6 is 11.6 Å². The largest absolute Gasteiger partial charge is 0.423 e. The van der Waals surface area contributed by atoms with Crippen molar-refractivity contribution in [2.45, 2.75) is 6.92 Å². The zero-order chi connectivity index (χ0) is 18.8. The molecule has 1 aromatic heterocycles. The lowest BCUT2D eigenvalue weighted by Crippen LogP contribution is -2.10. The van der Waals surface area contributed by atoms with Gasteiger partial charge in [-0.25, -0.2) is 9.18 Å². The van der Waals surface area contributed by atoms with Gasteiger partial charge in [0.2, 0.25) is 0 Å². The Labute approximate surface area is 154 Å². The molecule has 0 unspecified atom stereocenters. The van der Waals surface area contributed by atoms with Crippen LogP contribution in [0.1, 0.15) is 32.0 Å². The van der Waals surface area contributed by atoms with Crippen molar-refractivity contribution in [1.82, 2.24) is 9.78 Å². The Hall–Kier alpha value is -2.99. The Morgan fingerprint density at radius 1 is 1.04 bits per heavy atom. The van der Waals surface area contributed by atoms with Crippen molar-refractivity contribution < 1.29 is 18.7 Å². The molecule has 3 aromatic rings. The molecule has 3 rings (SSSR count). The first-order valence-corrected chi connectivity index (χ1v) is 8.06. The van der Waals surface area contributed by atoms with Crippen molar-refractivity contribution in [2.75, 3.05) is 0 Å². The van der Waals surface area contributed by atoms with Gasteiger partial charge in [-0.2, -0.15) is 5.10 Å². The van der Waals surface area contributed by atoms with Gasteiger partial charge in [-0.1, -0.05) is 11.6 Å². The van der Waals surface area contributed by atoms with Gasteiger partial charge >= 0.3 is 5.97 Å². The van der Waals surface area contributed by atoms with Crippen LogP contribution in [0.4, 0.5) is 4.39 Å². The molecule has 0 aliphatic rings. The van der Waals surface area contributed by atoms with E-state index in [4.69, 9.17) is 16.3 Å². The normalized spacial score (nSPS) is 10.6. The number of rotatable bonds is 4. The standard InChI is InChI=1S/C19H14ClFN2O3/c1-11-16(18(20)23(2)22-11)19(25)26-15-9-5-13(6-10-15)17(24)12-3-7-14(21)8-4-12/h3-10H,1-2H3. The van der Waals surface area contributed by atoms with Crippen LogP contribution in [0.15, 0.2) is 48.5 Å². The number of aryl methyl sites for hydroxylation is 2. The summed E-state index contributed by atoms with van der Waals surface area (Å²) in [5.74, 6) is -1.02. The molecule has 0 saturated heterocycles. The summed E-state index contributed by atoms with van der Waals surface area (Å²) in [5, 5.41) is 4.25. The number of esters is 1. The maximum absolute atomic E-state index is 13.0. The summed E-state index contributed by atoms with van der Waals surface area (Å²) in [7, 11) is 1.63. The zero-order valence-corrected chi connectivity index (χ0v) is 14.7. The molecular weight excluding hydrogens is 359 g/mol. The average Bonchev–Trinajstić information content (AvgIpc) is 2.88. The van der Waals surface area contributed by atoms with E-state index in [-0.39, 0.29) is 22.2 Å². The molecule has 7 heteroatoms.